The molecule has 0 bridgehead atoms. The van der Waals surface area contributed by atoms with Crippen molar-refractivity contribution < 1.29 is 17.6 Å². The first-order valence-electron chi connectivity index (χ1n) is 3.89. The Kier molecular flexibility index (Phi) is 3.11. The number of nitriles is 2. The van der Waals surface area contributed by atoms with E-state index in [0.29, 0.717) is 0 Å². The first-order chi connectivity index (χ1) is 7.04. The van der Waals surface area contributed by atoms with Crippen LogP contribution in [-0.4, -0.2) is 6.17 Å². The van der Waals surface area contributed by atoms with Crippen molar-refractivity contribution in [2.45, 2.75) is 12.6 Å². The van der Waals surface area contributed by atoms with Gasteiger partial charge in [-0.2, -0.15) is 10.5 Å². The number of hydrogen-bond donors (Lipinski definition) is 0. The first-order valence-corrected chi connectivity index (χ1v) is 3.89. The smallest absolute Gasteiger partial charge is 0.174 e. The zero-order chi connectivity index (χ0) is 11.6. The third-order valence-electron chi connectivity index (χ3n) is 1.97. The number of allylic oxidation sites excluding steroid dienone is 4. The molecule has 2 unspecified atom stereocenters. The summed E-state index contributed by atoms with van der Waals surface area (Å²) >= 11 is 0. The van der Waals surface area contributed by atoms with Gasteiger partial charge in [0.2, 0.25) is 0 Å². The fraction of sp³-hybridized carbons (Fsp3) is 0.333. The zero-order valence-corrected chi connectivity index (χ0v) is 7.27. The quantitative estimate of drug-likeness (QED) is 0.632. The number of rotatable bonds is 1. The third-order valence-corrected chi connectivity index (χ3v) is 1.97. The van der Waals surface area contributed by atoms with Crippen molar-refractivity contribution in [1.29, 1.82) is 10.5 Å². The lowest BCUT2D eigenvalue weighted by Crippen LogP contribution is -2.22. The molecule has 0 aromatic rings. The maximum Gasteiger partial charge on any atom is 0.174 e. The highest BCUT2D eigenvalue weighted by molar-refractivity contribution is 5.41. The van der Waals surface area contributed by atoms with Crippen LogP contribution in [0.25, 0.3) is 0 Å². The van der Waals surface area contributed by atoms with Crippen molar-refractivity contribution in [3.63, 3.8) is 0 Å². The van der Waals surface area contributed by atoms with Gasteiger partial charge in [-0.25, -0.2) is 17.6 Å². The molecule has 1 aliphatic carbocycles. The van der Waals surface area contributed by atoms with E-state index in [4.69, 9.17) is 10.5 Å². The van der Waals surface area contributed by atoms with Crippen LogP contribution in [0.2, 0.25) is 0 Å². The lowest BCUT2D eigenvalue weighted by atomic mass is 9.91. The van der Waals surface area contributed by atoms with Crippen molar-refractivity contribution in [2.24, 2.45) is 5.92 Å². The average molecular weight is 216 g/mol. The van der Waals surface area contributed by atoms with E-state index in [1.54, 1.807) is 0 Å². The number of hydrogen-bond acceptors (Lipinski definition) is 2. The van der Waals surface area contributed by atoms with Crippen LogP contribution in [0.3, 0.4) is 0 Å². The van der Waals surface area contributed by atoms with Crippen molar-refractivity contribution in [3.8, 4) is 12.1 Å². The summed E-state index contributed by atoms with van der Waals surface area (Å²) in [7, 11) is 0. The van der Waals surface area contributed by atoms with Gasteiger partial charge >= 0.3 is 0 Å². The average Bonchev–Trinajstić information content (AvgIpc) is 2.23. The lowest BCUT2D eigenvalue weighted by Gasteiger charge is -2.19. The van der Waals surface area contributed by atoms with Crippen LogP contribution in [0.4, 0.5) is 17.6 Å². The molecule has 0 N–H and O–H groups in total. The fourth-order valence-electron chi connectivity index (χ4n) is 1.19. The molecule has 0 heterocycles. The van der Waals surface area contributed by atoms with Gasteiger partial charge < -0.3 is 0 Å². The summed E-state index contributed by atoms with van der Waals surface area (Å²) in [5.74, 6) is -6.99. The summed E-state index contributed by atoms with van der Waals surface area (Å²) in [5, 5.41) is 16.5. The highest BCUT2D eigenvalue weighted by Gasteiger charge is 2.39. The van der Waals surface area contributed by atoms with E-state index in [1.165, 1.54) is 6.07 Å². The van der Waals surface area contributed by atoms with Gasteiger partial charge in [0.1, 0.15) is 11.7 Å². The number of halogens is 4. The topological polar surface area (TPSA) is 47.6 Å². The summed E-state index contributed by atoms with van der Waals surface area (Å²) in [6.07, 6.45) is -3.32. The second-order valence-electron chi connectivity index (χ2n) is 2.83. The summed E-state index contributed by atoms with van der Waals surface area (Å²) in [6.45, 7) is 0. The normalized spacial score (nSPS) is 26.3. The molecule has 0 aromatic carbocycles. The Morgan fingerprint density at radius 1 is 1.13 bits per heavy atom. The Bertz CT molecular complexity index is 424. The van der Waals surface area contributed by atoms with Crippen LogP contribution < -0.4 is 0 Å². The third kappa shape index (κ3) is 1.71. The lowest BCUT2D eigenvalue weighted by molar-refractivity contribution is 0.248. The van der Waals surface area contributed by atoms with Crippen molar-refractivity contribution >= 4 is 0 Å². The molecule has 0 aromatic heterocycles. The van der Waals surface area contributed by atoms with Crippen LogP contribution in [0.1, 0.15) is 6.42 Å². The van der Waals surface area contributed by atoms with Crippen LogP contribution in [-0.2, 0) is 0 Å². The highest BCUT2D eigenvalue weighted by atomic mass is 19.2. The Morgan fingerprint density at radius 3 is 2.20 bits per heavy atom. The molecular weight excluding hydrogens is 212 g/mol. The monoisotopic (exact) mass is 216 g/mol. The van der Waals surface area contributed by atoms with Crippen LogP contribution in [0, 0.1) is 28.6 Å². The van der Waals surface area contributed by atoms with Gasteiger partial charge in [-0.15, -0.1) is 0 Å². The molecule has 0 fully saturated rings. The SMILES string of the molecule is N#CCC1=C(F)C(F)C(C#N)C(F)=C1F. The van der Waals surface area contributed by atoms with Crippen LogP contribution in [0.5, 0.6) is 0 Å². The van der Waals surface area contributed by atoms with E-state index in [2.05, 4.69) is 0 Å². The van der Waals surface area contributed by atoms with E-state index in [0.717, 1.165) is 6.07 Å². The molecule has 2 atom stereocenters. The molecule has 0 radical (unpaired) electrons. The van der Waals surface area contributed by atoms with Gasteiger partial charge in [0.25, 0.3) is 0 Å². The maximum atomic E-state index is 13.1. The number of nitrogens with zero attached hydrogens (tertiary/aromatic N) is 2. The van der Waals surface area contributed by atoms with Gasteiger partial charge in [-0.1, -0.05) is 0 Å². The molecule has 6 heteroatoms. The molecule has 2 nitrogen and oxygen atoms in total. The van der Waals surface area contributed by atoms with Gasteiger partial charge in [0, 0.05) is 5.57 Å². The summed E-state index contributed by atoms with van der Waals surface area (Å²) in [5.41, 5.74) is -0.950. The van der Waals surface area contributed by atoms with Crippen molar-refractivity contribution in [2.75, 3.05) is 0 Å². The zero-order valence-electron chi connectivity index (χ0n) is 7.27. The predicted octanol–water partition coefficient (Wildman–Crippen LogP) is 2.77. The number of alkyl halides is 1. The molecule has 0 spiro atoms. The Labute approximate surface area is 82.7 Å². The molecule has 1 aliphatic rings. The van der Waals surface area contributed by atoms with Gasteiger partial charge in [-0.3, -0.25) is 0 Å². The molecule has 0 saturated carbocycles. The Balaban J connectivity index is 3.27. The molecule has 78 valence electrons. The highest BCUT2D eigenvalue weighted by Crippen LogP contribution is 2.39. The molecule has 15 heavy (non-hydrogen) atoms. The standard InChI is InChI=1S/C9H4F4N2/c10-6-4(1-2-14)7(11)9(13)5(3-15)8(6)12/h5,8H,1H2. The van der Waals surface area contributed by atoms with Crippen LogP contribution >= 0.6 is 0 Å². The second-order valence-corrected chi connectivity index (χ2v) is 2.83. The van der Waals surface area contributed by atoms with E-state index in [1.807, 2.05) is 0 Å². The van der Waals surface area contributed by atoms with E-state index in [-0.39, 0.29) is 0 Å². The predicted molar refractivity (Wildman–Crippen MR) is 41.6 cm³/mol. The minimum atomic E-state index is -2.54. The first kappa shape index (κ1) is 11.3. The summed E-state index contributed by atoms with van der Waals surface area (Å²) in [6, 6.07) is 2.51. The Morgan fingerprint density at radius 2 is 1.73 bits per heavy atom. The molecule has 0 saturated heterocycles. The second kappa shape index (κ2) is 4.14. The minimum Gasteiger partial charge on any atom is -0.238 e. The van der Waals surface area contributed by atoms with Crippen molar-refractivity contribution in [1.82, 2.24) is 0 Å². The summed E-state index contributed by atoms with van der Waals surface area (Å²) in [4.78, 5) is 0. The van der Waals surface area contributed by atoms with E-state index in [9.17, 15) is 17.6 Å². The molecule has 0 amide bonds. The largest absolute Gasteiger partial charge is 0.238 e. The summed E-state index contributed by atoms with van der Waals surface area (Å²) < 4.78 is 52.1. The van der Waals surface area contributed by atoms with Gasteiger partial charge in [0.05, 0.1) is 18.6 Å². The minimum absolute atomic E-state index is 0.774. The van der Waals surface area contributed by atoms with Gasteiger partial charge in [0.15, 0.2) is 17.8 Å². The van der Waals surface area contributed by atoms with Crippen molar-refractivity contribution in [3.05, 3.63) is 23.1 Å². The maximum absolute atomic E-state index is 13.1. The van der Waals surface area contributed by atoms with E-state index >= 15 is 0 Å². The molecular formula is C9H4F4N2. The van der Waals surface area contributed by atoms with Gasteiger partial charge in [-0.05, 0) is 0 Å². The van der Waals surface area contributed by atoms with E-state index < -0.39 is 41.6 Å². The Hall–Kier alpha value is -1.82. The fourth-order valence-corrected chi connectivity index (χ4v) is 1.19. The molecule has 0 aliphatic heterocycles. The molecule has 1 rings (SSSR count). The van der Waals surface area contributed by atoms with Crippen LogP contribution in [0.15, 0.2) is 23.1 Å².